The summed E-state index contributed by atoms with van der Waals surface area (Å²) in [6.45, 7) is 13.9. The van der Waals surface area contributed by atoms with Crippen LogP contribution < -0.4 is 0 Å². The van der Waals surface area contributed by atoms with Gasteiger partial charge in [-0.25, -0.2) is 0 Å². The summed E-state index contributed by atoms with van der Waals surface area (Å²) in [5.41, 5.74) is 2.50. The first-order chi connectivity index (χ1) is 11.6. The van der Waals surface area contributed by atoms with Gasteiger partial charge in [0.15, 0.2) is 0 Å². The van der Waals surface area contributed by atoms with Gasteiger partial charge in [0, 0.05) is 24.2 Å². The largest absolute Gasteiger partial charge is 1.00 e. The molecule has 2 heterocycles. The van der Waals surface area contributed by atoms with Crippen LogP contribution in [0.1, 0.15) is 53.7 Å². The van der Waals surface area contributed by atoms with Gasteiger partial charge >= 0.3 is 53.1 Å². The average molecular weight is 608 g/mol. The molecule has 1 aromatic heterocycles. The molecule has 0 unspecified atom stereocenters. The normalized spacial score (nSPS) is 19.2. The van der Waals surface area contributed by atoms with Crippen molar-refractivity contribution in [2.45, 2.75) is 48.0 Å². The topological polar surface area (TPSA) is 25.2 Å². The maximum absolute atomic E-state index is 10.7. The third kappa shape index (κ3) is 8.71. The molecule has 0 amide bonds. The van der Waals surface area contributed by atoms with E-state index in [2.05, 4.69) is 57.6 Å². The van der Waals surface area contributed by atoms with Crippen molar-refractivity contribution in [2.24, 2.45) is 21.2 Å². The molecule has 0 atom stereocenters. The summed E-state index contributed by atoms with van der Waals surface area (Å²) in [5, 5.41) is 0. The zero-order valence-corrected chi connectivity index (χ0v) is 19.9. The minimum Gasteiger partial charge on any atom is 1.00 e. The number of allylic oxidation sites excluding steroid dienone is 1. The summed E-state index contributed by atoms with van der Waals surface area (Å²) in [4.78, 5) is 9.06. The number of aromatic nitrogens is 1. The molecule has 0 radical (unpaired) electrons. The number of pyridine rings is 1. The van der Waals surface area contributed by atoms with E-state index in [-0.39, 0.29) is 36.4 Å². The van der Waals surface area contributed by atoms with Crippen molar-refractivity contribution in [2.75, 3.05) is 0 Å². The Hall–Kier alpha value is -0.781. The summed E-state index contributed by atoms with van der Waals surface area (Å²) >= 11 is 0. The summed E-state index contributed by atoms with van der Waals surface area (Å²) in [6, 6.07) is 6.02. The van der Waals surface area contributed by atoms with Gasteiger partial charge in [-0.3, -0.25) is 9.98 Å². The molecule has 0 fully saturated rings. The van der Waals surface area contributed by atoms with Crippen LogP contribution in [0.15, 0.2) is 41.7 Å². The van der Waals surface area contributed by atoms with Gasteiger partial charge in [0.05, 0.1) is 11.4 Å². The molecule has 0 spiro atoms. The number of aliphatic imine (C=N–C) groups is 1. The maximum atomic E-state index is 9.87. The van der Waals surface area contributed by atoms with Gasteiger partial charge in [-0.05, 0) is 23.0 Å². The van der Waals surface area contributed by atoms with E-state index in [1.807, 2.05) is 30.6 Å². The van der Waals surface area contributed by atoms with Crippen molar-refractivity contribution in [3.8, 4) is 0 Å². The molecule has 10 heteroatoms. The molecule has 0 saturated carbocycles. The van der Waals surface area contributed by atoms with Crippen LogP contribution in [0.5, 0.6) is 0 Å². The van der Waals surface area contributed by atoms with E-state index in [0.717, 1.165) is 17.8 Å². The second kappa shape index (κ2) is 7.48. The van der Waals surface area contributed by atoms with Crippen molar-refractivity contribution in [1.82, 2.24) is 4.98 Å². The van der Waals surface area contributed by atoms with Gasteiger partial charge in [-0.1, -0.05) is 53.7 Å². The maximum Gasteiger partial charge on any atom is 1.00 e. The van der Waals surface area contributed by atoms with Crippen molar-refractivity contribution < 1.29 is 45.3 Å². The predicted molar refractivity (Wildman–Crippen MR) is 99.4 cm³/mol. The number of rotatable bonds is 1. The Morgan fingerprint density at radius 1 is 0.893 bits per heavy atom. The zero-order chi connectivity index (χ0) is 21.4. The van der Waals surface area contributed by atoms with Gasteiger partial charge in [-0.2, -0.15) is 0 Å². The van der Waals surface area contributed by atoms with Gasteiger partial charge in [0.25, 0.3) is 0 Å². The molecule has 28 heavy (non-hydrogen) atoms. The predicted octanol–water partition coefficient (Wildman–Crippen LogP) is 8.25. The fourth-order valence-electron chi connectivity index (χ4n) is 3.47. The molecule has 1 aliphatic heterocycles. The van der Waals surface area contributed by atoms with Crippen LogP contribution in [0.4, 0.5) is 25.2 Å². The smallest absolute Gasteiger partial charge is 1.00 e. The van der Waals surface area contributed by atoms with Crippen molar-refractivity contribution in [3.05, 3.63) is 42.4 Å². The Balaban J connectivity index is 0.000000786. The van der Waals surface area contributed by atoms with Crippen LogP contribution in [0.3, 0.4) is 0 Å². The minimum absolute atomic E-state index is 0. The molecular weight excluding hydrogens is 581 g/mol. The first-order valence-electron chi connectivity index (χ1n) is 8.35. The van der Waals surface area contributed by atoms with Gasteiger partial charge in [0.1, 0.15) is 0 Å². The molecule has 0 bridgehead atoms. The molecule has 1 aliphatic rings. The fraction of sp³-hybridized carbons (Fsp3) is 0.556. The standard InChI is InChI=1S/C18H26N2.F6P.Ir/c1-16(2,3)18(17(4,5)6)10-12-20-15(13-18)14-9-7-8-11-19-14;1-7(2,3,4,5)6;/h7-12H,13H2,1-6H3;;/q;-1;+1. The van der Waals surface area contributed by atoms with Gasteiger partial charge in [0.2, 0.25) is 0 Å². The number of halogens is 6. The van der Waals surface area contributed by atoms with E-state index in [4.69, 9.17) is 0 Å². The molecule has 0 aliphatic carbocycles. The van der Waals surface area contributed by atoms with E-state index in [0.29, 0.717) is 0 Å². The van der Waals surface area contributed by atoms with Gasteiger partial charge in [-0.15, -0.1) is 0 Å². The molecule has 164 valence electrons. The Labute approximate surface area is 175 Å². The van der Waals surface area contributed by atoms with Gasteiger partial charge < -0.3 is 0 Å². The van der Waals surface area contributed by atoms with Crippen molar-refractivity contribution in [1.29, 1.82) is 0 Å². The SMILES string of the molecule is CC(C)(C)C1(C(C)(C)C)C=CN=C(c2ccccn2)C1.F[P-](F)(F)(F)(F)F.[Ir+]. The molecule has 0 aromatic carbocycles. The summed E-state index contributed by atoms with van der Waals surface area (Å²) in [7, 11) is -10.7. The van der Waals surface area contributed by atoms with E-state index in [1.165, 1.54) is 0 Å². The van der Waals surface area contributed by atoms with E-state index < -0.39 is 7.81 Å². The molecule has 1 aromatic rings. The third-order valence-electron chi connectivity index (χ3n) is 4.67. The minimum atomic E-state index is -10.7. The Kier molecular flexibility index (Phi) is 7.27. The molecule has 2 rings (SSSR count). The first-order valence-corrected chi connectivity index (χ1v) is 10.4. The molecule has 0 saturated heterocycles. The summed E-state index contributed by atoms with van der Waals surface area (Å²) in [5.74, 6) is 0. The Bertz CT molecular complexity index is 704. The van der Waals surface area contributed by atoms with Crippen LogP contribution >= 0.6 is 7.81 Å². The second-order valence-electron chi connectivity index (χ2n) is 8.71. The van der Waals surface area contributed by atoms with Crippen LogP contribution in [-0.2, 0) is 20.1 Å². The van der Waals surface area contributed by atoms with E-state index >= 15 is 0 Å². The van der Waals surface area contributed by atoms with Crippen LogP contribution in [-0.4, -0.2) is 10.7 Å². The monoisotopic (exact) mass is 608 g/mol. The second-order valence-corrected chi connectivity index (χ2v) is 10.6. The van der Waals surface area contributed by atoms with Crippen LogP contribution in [0, 0.1) is 16.2 Å². The quantitative estimate of drug-likeness (QED) is 0.233. The summed E-state index contributed by atoms with van der Waals surface area (Å²) in [6.07, 6.45) is 7.06. The zero-order valence-electron chi connectivity index (χ0n) is 16.6. The van der Waals surface area contributed by atoms with Crippen LogP contribution in [0.2, 0.25) is 0 Å². The molecule has 0 N–H and O–H groups in total. The molecular formula is C18H26F6IrN2P. The summed E-state index contributed by atoms with van der Waals surface area (Å²) < 4.78 is 59.2. The first kappa shape index (κ1) is 27.2. The number of hydrogen-bond acceptors (Lipinski definition) is 2. The number of nitrogens with zero attached hydrogens (tertiary/aromatic N) is 2. The Morgan fingerprint density at radius 3 is 1.71 bits per heavy atom. The average Bonchev–Trinajstić information content (AvgIpc) is 2.43. The fourth-order valence-corrected chi connectivity index (χ4v) is 3.47. The Morgan fingerprint density at radius 2 is 1.36 bits per heavy atom. The van der Waals surface area contributed by atoms with Crippen molar-refractivity contribution in [3.63, 3.8) is 0 Å². The van der Waals surface area contributed by atoms with Crippen LogP contribution in [0.25, 0.3) is 0 Å². The molecule has 2 nitrogen and oxygen atoms in total. The number of hydrogen-bond donors (Lipinski definition) is 0. The third-order valence-corrected chi connectivity index (χ3v) is 4.67. The van der Waals surface area contributed by atoms with Crippen molar-refractivity contribution >= 4 is 13.5 Å². The van der Waals surface area contributed by atoms with E-state index in [1.54, 1.807) is 0 Å². The van der Waals surface area contributed by atoms with E-state index in [9.17, 15) is 25.2 Å².